The summed E-state index contributed by atoms with van der Waals surface area (Å²) >= 11 is 1.60. The summed E-state index contributed by atoms with van der Waals surface area (Å²) in [5.41, 5.74) is 0.983. The molecule has 1 unspecified atom stereocenters. The molecule has 1 fully saturated rings. The minimum Gasteiger partial charge on any atom is -0.295 e. The molecule has 2 heterocycles. The molecule has 140 valence electrons. The predicted octanol–water partition coefficient (Wildman–Crippen LogP) is 3.16. The molecule has 1 atom stereocenters. The Morgan fingerprint density at radius 1 is 1.15 bits per heavy atom. The van der Waals surface area contributed by atoms with Gasteiger partial charge in [0.2, 0.25) is 10.0 Å². The van der Waals surface area contributed by atoms with Crippen LogP contribution in [0.3, 0.4) is 0 Å². The number of nitrogens with zero attached hydrogens (tertiary/aromatic N) is 2. The van der Waals surface area contributed by atoms with E-state index in [9.17, 15) is 18.5 Å². The monoisotopic (exact) mass is 395 g/mol. The lowest BCUT2D eigenvalue weighted by Crippen LogP contribution is -2.40. The fourth-order valence-electron chi connectivity index (χ4n) is 3.17. The van der Waals surface area contributed by atoms with Crippen molar-refractivity contribution in [2.24, 2.45) is 0 Å². The van der Waals surface area contributed by atoms with Gasteiger partial charge in [0.25, 0.3) is 5.69 Å². The number of sulfonamides is 1. The first-order valence-electron chi connectivity index (χ1n) is 8.47. The number of hydrogen-bond donors (Lipinski definition) is 1. The molecule has 1 saturated heterocycles. The quantitative estimate of drug-likeness (QED) is 0.574. The Morgan fingerprint density at radius 2 is 1.85 bits per heavy atom. The zero-order valence-corrected chi connectivity index (χ0v) is 15.8. The molecule has 1 aliphatic rings. The fourth-order valence-corrected chi connectivity index (χ4v) is 4.92. The van der Waals surface area contributed by atoms with E-state index in [1.54, 1.807) is 11.3 Å². The number of likely N-dealkylation sites (tertiary alicyclic amines) is 1. The first-order chi connectivity index (χ1) is 12.5. The van der Waals surface area contributed by atoms with E-state index in [-0.39, 0.29) is 23.2 Å². The van der Waals surface area contributed by atoms with Gasteiger partial charge in [0, 0.05) is 24.7 Å². The van der Waals surface area contributed by atoms with E-state index in [4.69, 9.17) is 0 Å². The van der Waals surface area contributed by atoms with Gasteiger partial charge >= 0.3 is 0 Å². The lowest BCUT2D eigenvalue weighted by atomic mass is 10.0. The van der Waals surface area contributed by atoms with Crippen molar-refractivity contribution in [3.05, 3.63) is 56.8 Å². The lowest BCUT2D eigenvalue weighted by Gasteiger charge is -2.34. The van der Waals surface area contributed by atoms with Crippen LogP contribution < -0.4 is 4.72 Å². The highest BCUT2D eigenvalue weighted by molar-refractivity contribution is 7.89. The Hall–Kier alpha value is -1.81. The van der Waals surface area contributed by atoms with Gasteiger partial charge in [-0.15, -0.1) is 0 Å². The maximum atomic E-state index is 12.6. The van der Waals surface area contributed by atoms with Crippen LogP contribution in [0.15, 0.2) is 46.0 Å². The molecule has 1 aliphatic heterocycles. The lowest BCUT2D eigenvalue weighted by molar-refractivity contribution is -0.384. The summed E-state index contributed by atoms with van der Waals surface area (Å²) < 4.78 is 27.8. The number of nitro benzene ring substituents is 1. The SMILES string of the molecule is O=[N+]([O-])c1ccc(S(=O)(=O)NCC(c2ccsc2)N2CCCCC2)cc1. The Labute approximate surface area is 156 Å². The van der Waals surface area contributed by atoms with Crippen LogP contribution in [0.5, 0.6) is 0 Å². The Morgan fingerprint density at radius 3 is 2.42 bits per heavy atom. The minimum absolute atomic E-state index is 0.00521. The van der Waals surface area contributed by atoms with Crippen LogP contribution in [0.1, 0.15) is 30.9 Å². The summed E-state index contributed by atoms with van der Waals surface area (Å²) in [6.07, 6.45) is 3.45. The van der Waals surface area contributed by atoms with Gasteiger partial charge in [-0.05, 0) is 60.5 Å². The molecule has 1 aromatic heterocycles. The average molecular weight is 396 g/mol. The van der Waals surface area contributed by atoms with E-state index in [0.29, 0.717) is 0 Å². The van der Waals surface area contributed by atoms with Crippen LogP contribution in [0, 0.1) is 10.1 Å². The van der Waals surface area contributed by atoms with Gasteiger partial charge in [-0.2, -0.15) is 11.3 Å². The van der Waals surface area contributed by atoms with Crippen molar-refractivity contribution in [1.82, 2.24) is 9.62 Å². The first-order valence-corrected chi connectivity index (χ1v) is 10.9. The van der Waals surface area contributed by atoms with E-state index >= 15 is 0 Å². The third-order valence-corrected chi connectivity index (χ3v) is 6.72. The summed E-state index contributed by atoms with van der Waals surface area (Å²) in [4.78, 5) is 12.5. The van der Waals surface area contributed by atoms with Crippen molar-refractivity contribution < 1.29 is 13.3 Å². The van der Waals surface area contributed by atoms with Crippen LogP contribution in [0.2, 0.25) is 0 Å². The Balaban J connectivity index is 1.73. The standard InChI is InChI=1S/C17H21N3O4S2/c21-20(22)15-4-6-16(7-5-15)26(23,24)18-12-17(14-8-11-25-13-14)19-9-2-1-3-10-19/h4-8,11,13,17-18H,1-3,9-10,12H2. The zero-order valence-electron chi connectivity index (χ0n) is 14.2. The van der Waals surface area contributed by atoms with Crippen LogP contribution >= 0.6 is 11.3 Å². The van der Waals surface area contributed by atoms with Crippen molar-refractivity contribution in [1.29, 1.82) is 0 Å². The number of nitrogens with one attached hydrogen (secondary N) is 1. The first kappa shape index (κ1) is 19.0. The summed E-state index contributed by atoms with van der Waals surface area (Å²) in [6.45, 7) is 2.19. The van der Waals surface area contributed by atoms with Gasteiger partial charge in [-0.1, -0.05) is 6.42 Å². The van der Waals surface area contributed by atoms with E-state index in [0.717, 1.165) is 31.5 Å². The van der Waals surface area contributed by atoms with Crippen molar-refractivity contribution in [3.63, 3.8) is 0 Å². The average Bonchev–Trinajstić information content (AvgIpc) is 3.17. The van der Waals surface area contributed by atoms with Gasteiger partial charge in [0.15, 0.2) is 0 Å². The largest absolute Gasteiger partial charge is 0.295 e. The number of benzene rings is 1. The van der Waals surface area contributed by atoms with E-state index in [1.807, 2.05) is 11.4 Å². The molecule has 0 bridgehead atoms. The maximum absolute atomic E-state index is 12.6. The van der Waals surface area contributed by atoms with Gasteiger partial charge in [-0.25, -0.2) is 13.1 Å². The van der Waals surface area contributed by atoms with Crippen LogP contribution in [0.25, 0.3) is 0 Å². The zero-order chi connectivity index (χ0) is 18.6. The van der Waals surface area contributed by atoms with Crippen LogP contribution in [-0.4, -0.2) is 37.9 Å². The normalized spacial score (nSPS) is 17.1. The van der Waals surface area contributed by atoms with Crippen LogP contribution in [-0.2, 0) is 10.0 Å². The van der Waals surface area contributed by atoms with E-state index in [2.05, 4.69) is 15.0 Å². The molecule has 0 saturated carbocycles. The summed E-state index contributed by atoms with van der Waals surface area (Å²) in [6, 6.07) is 6.96. The summed E-state index contributed by atoms with van der Waals surface area (Å²) in [7, 11) is -3.72. The number of rotatable bonds is 7. The molecule has 9 heteroatoms. The molecule has 0 aliphatic carbocycles. The molecule has 1 aromatic carbocycles. The highest BCUT2D eigenvalue weighted by Crippen LogP contribution is 2.26. The number of non-ortho nitro benzene ring substituents is 1. The molecule has 26 heavy (non-hydrogen) atoms. The molecule has 2 aromatic rings. The van der Waals surface area contributed by atoms with Crippen molar-refractivity contribution >= 4 is 27.0 Å². The van der Waals surface area contributed by atoms with Crippen molar-refractivity contribution in [2.45, 2.75) is 30.2 Å². The molecule has 3 rings (SSSR count). The van der Waals surface area contributed by atoms with Crippen molar-refractivity contribution in [3.8, 4) is 0 Å². The van der Waals surface area contributed by atoms with Gasteiger partial charge in [0.05, 0.1) is 9.82 Å². The summed E-state index contributed by atoms with van der Waals surface area (Å²) in [5.74, 6) is 0. The molecule has 0 amide bonds. The summed E-state index contributed by atoms with van der Waals surface area (Å²) in [5, 5.41) is 14.8. The third kappa shape index (κ3) is 4.47. The second-order valence-corrected chi connectivity index (χ2v) is 8.82. The number of piperidine rings is 1. The number of nitro groups is 1. The van der Waals surface area contributed by atoms with Crippen molar-refractivity contribution in [2.75, 3.05) is 19.6 Å². The Kier molecular flexibility index (Phi) is 6.02. The van der Waals surface area contributed by atoms with Gasteiger partial charge in [-0.3, -0.25) is 15.0 Å². The number of hydrogen-bond acceptors (Lipinski definition) is 6. The molecule has 7 nitrogen and oxygen atoms in total. The molecule has 0 radical (unpaired) electrons. The molecular formula is C17H21N3O4S2. The third-order valence-electron chi connectivity index (χ3n) is 4.58. The maximum Gasteiger partial charge on any atom is 0.269 e. The predicted molar refractivity (Wildman–Crippen MR) is 101 cm³/mol. The Bertz CT molecular complexity index is 829. The van der Waals surface area contributed by atoms with Gasteiger partial charge in [0.1, 0.15) is 0 Å². The smallest absolute Gasteiger partial charge is 0.269 e. The van der Waals surface area contributed by atoms with E-state index < -0.39 is 14.9 Å². The highest BCUT2D eigenvalue weighted by Gasteiger charge is 2.25. The topological polar surface area (TPSA) is 92.5 Å². The number of thiophene rings is 1. The highest BCUT2D eigenvalue weighted by atomic mass is 32.2. The molecule has 0 spiro atoms. The molecule has 1 N–H and O–H groups in total. The fraction of sp³-hybridized carbons (Fsp3) is 0.412. The van der Waals surface area contributed by atoms with Gasteiger partial charge < -0.3 is 0 Å². The van der Waals surface area contributed by atoms with Crippen LogP contribution in [0.4, 0.5) is 5.69 Å². The minimum atomic E-state index is -3.72. The second-order valence-electron chi connectivity index (χ2n) is 6.27. The second kappa shape index (κ2) is 8.26. The van der Waals surface area contributed by atoms with E-state index in [1.165, 1.54) is 30.7 Å². The molecular weight excluding hydrogens is 374 g/mol.